The van der Waals surface area contributed by atoms with Gasteiger partial charge in [-0.3, -0.25) is 4.57 Å². The maximum absolute atomic E-state index is 13.2. The van der Waals surface area contributed by atoms with Gasteiger partial charge < -0.3 is 13.5 Å². The Labute approximate surface area is 150 Å². The molecule has 1 heterocycles. The summed E-state index contributed by atoms with van der Waals surface area (Å²) in [4.78, 5) is 0.440. The van der Waals surface area contributed by atoms with Crippen molar-refractivity contribution in [1.82, 2.24) is 0 Å². The molecule has 0 radical (unpaired) electrons. The molecule has 6 nitrogen and oxygen atoms in total. The average Bonchev–Trinajstić information content (AvgIpc) is 2.61. The fourth-order valence-electron chi connectivity index (χ4n) is 2.40. The lowest BCUT2D eigenvalue weighted by molar-refractivity contribution is -0.196. The molecular weight excluding hydrogens is 359 g/mol. The molecule has 0 aliphatic carbocycles. The fraction of sp³-hybridized carbons (Fsp3) is 0.294. The molecule has 0 aliphatic heterocycles. The topological polar surface area (TPSA) is 98.1 Å². The molecule has 2 rings (SSSR count). The van der Waals surface area contributed by atoms with Crippen molar-refractivity contribution in [1.29, 1.82) is 5.26 Å². The van der Waals surface area contributed by atoms with Crippen molar-refractivity contribution in [2.24, 2.45) is 0 Å². The van der Waals surface area contributed by atoms with Crippen LogP contribution in [0.2, 0.25) is 0 Å². The number of nitriles is 1. The Hall–Kier alpha value is -1.84. The lowest BCUT2D eigenvalue weighted by Crippen LogP contribution is -2.53. The van der Waals surface area contributed by atoms with Crippen LogP contribution in [-0.4, -0.2) is 19.5 Å². The van der Waals surface area contributed by atoms with Gasteiger partial charge in [0.2, 0.25) is 0 Å². The van der Waals surface area contributed by atoms with E-state index in [1.807, 2.05) is 30.3 Å². The highest BCUT2D eigenvalue weighted by molar-refractivity contribution is 7.99. The number of nitrogens with two attached hydrogens (primary N) is 1. The first-order valence-electron chi connectivity index (χ1n) is 7.71. The summed E-state index contributed by atoms with van der Waals surface area (Å²) >= 11 is 1.25. The molecule has 0 aliphatic rings. The third kappa shape index (κ3) is 3.88. The largest absolute Gasteiger partial charge is 0.403 e. The van der Waals surface area contributed by atoms with E-state index in [4.69, 9.17) is 18.9 Å². The molecule has 2 aromatic rings. The van der Waals surface area contributed by atoms with Gasteiger partial charge >= 0.3 is 13.1 Å². The van der Waals surface area contributed by atoms with Gasteiger partial charge in [-0.05, 0) is 20.1 Å². The van der Waals surface area contributed by atoms with Gasteiger partial charge in [0.15, 0.2) is 11.1 Å². The van der Waals surface area contributed by atoms with Gasteiger partial charge in [0.05, 0.1) is 18.1 Å². The van der Waals surface area contributed by atoms with Gasteiger partial charge in [0.1, 0.15) is 11.6 Å². The molecule has 0 spiro atoms. The highest BCUT2D eigenvalue weighted by atomic mass is 32.2. The molecule has 8 heteroatoms. The van der Waals surface area contributed by atoms with Gasteiger partial charge in [-0.2, -0.15) is 5.26 Å². The van der Waals surface area contributed by atoms with E-state index >= 15 is 0 Å². The summed E-state index contributed by atoms with van der Waals surface area (Å²) in [6.45, 7) is 3.77. The van der Waals surface area contributed by atoms with Crippen molar-refractivity contribution in [2.45, 2.75) is 18.7 Å². The maximum atomic E-state index is 13.2. The second-order valence-corrected chi connectivity index (χ2v) is 7.64. The zero-order chi connectivity index (χ0) is 18.4. The van der Waals surface area contributed by atoms with Gasteiger partial charge in [-0.15, -0.1) is 11.8 Å². The standard InChI is InChI=1S/C17H19N2O4PS/c1-4-21-24(20,22-5-2)15-16(25-3)13(11-18)14(23-17(15)19)12-9-7-6-8-10-12/h6-10,19H,4-5H2,1-3H3/p+1. The molecule has 0 saturated carbocycles. The summed E-state index contributed by atoms with van der Waals surface area (Å²) in [5.41, 5.74) is 0.880. The Bertz CT molecular complexity index is 880. The highest BCUT2D eigenvalue weighted by Crippen LogP contribution is 2.48. The molecule has 0 saturated heterocycles. The molecule has 2 N–H and O–H groups in total. The third-order valence-corrected chi connectivity index (χ3v) is 6.49. The van der Waals surface area contributed by atoms with Crippen molar-refractivity contribution < 1.29 is 23.4 Å². The number of thioether (sulfide) groups is 1. The zero-order valence-electron chi connectivity index (χ0n) is 14.3. The van der Waals surface area contributed by atoms with E-state index in [2.05, 4.69) is 6.07 Å². The van der Waals surface area contributed by atoms with E-state index < -0.39 is 7.60 Å². The fourth-order valence-corrected chi connectivity index (χ4v) is 5.34. The quantitative estimate of drug-likeness (QED) is 0.584. The Morgan fingerprint density at radius 3 is 2.32 bits per heavy atom. The van der Waals surface area contributed by atoms with Crippen LogP contribution in [0.3, 0.4) is 0 Å². The summed E-state index contributed by atoms with van der Waals surface area (Å²) < 4.78 is 29.7. The van der Waals surface area contributed by atoms with E-state index in [0.29, 0.717) is 16.2 Å². The SMILES string of the molecule is CCOP(=O)(OCC)c1c(SC)c(C#N)c(-c2ccccc2)oc1=[NH2+]. The predicted molar refractivity (Wildman–Crippen MR) is 96.2 cm³/mol. The van der Waals surface area contributed by atoms with Crippen molar-refractivity contribution in [3.05, 3.63) is 41.4 Å². The third-order valence-electron chi connectivity index (χ3n) is 3.34. The van der Waals surface area contributed by atoms with Crippen molar-refractivity contribution in [2.75, 3.05) is 19.5 Å². The van der Waals surface area contributed by atoms with Crippen LogP contribution in [0.1, 0.15) is 19.4 Å². The van der Waals surface area contributed by atoms with Crippen LogP contribution in [0.25, 0.3) is 11.3 Å². The normalized spacial score (nSPS) is 11.3. The Balaban J connectivity index is 2.83. The van der Waals surface area contributed by atoms with E-state index in [0.717, 1.165) is 0 Å². The first-order valence-corrected chi connectivity index (χ1v) is 10.5. The first kappa shape index (κ1) is 19.5. The van der Waals surface area contributed by atoms with Gasteiger partial charge in [0, 0.05) is 5.56 Å². The van der Waals surface area contributed by atoms with Crippen LogP contribution in [-0.2, 0) is 13.6 Å². The van der Waals surface area contributed by atoms with Crippen LogP contribution in [0.4, 0.5) is 0 Å². The summed E-state index contributed by atoms with van der Waals surface area (Å²) in [5.74, 6) is 0.327. The molecule has 1 aromatic heterocycles. The molecule has 0 fully saturated rings. The summed E-state index contributed by atoms with van der Waals surface area (Å²) in [7, 11) is -3.71. The molecular formula is C17H20N2O4PS+. The molecule has 0 atom stereocenters. The predicted octanol–water partition coefficient (Wildman–Crippen LogP) is 2.09. The van der Waals surface area contributed by atoms with Crippen LogP contribution < -0.4 is 16.3 Å². The molecule has 0 amide bonds. The molecule has 1 aromatic carbocycles. The average molecular weight is 379 g/mol. The number of nitrogens with zero attached hydrogens (tertiary/aromatic N) is 1. The lowest BCUT2D eigenvalue weighted by Gasteiger charge is -2.18. The minimum atomic E-state index is -3.71. The van der Waals surface area contributed by atoms with Crippen LogP contribution in [0.5, 0.6) is 0 Å². The Morgan fingerprint density at radius 1 is 1.24 bits per heavy atom. The van der Waals surface area contributed by atoms with Crippen LogP contribution >= 0.6 is 19.4 Å². The van der Waals surface area contributed by atoms with E-state index in [-0.39, 0.29) is 29.6 Å². The minimum Gasteiger partial charge on any atom is -0.403 e. The maximum Gasteiger partial charge on any atom is 0.381 e. The van der Waals surface area contributed by atoms with Gasteiger partial charge in [-0.25, -0.2) is 5.41 Å². The Morgan fingerprint density at radius 2 is 1.84 bits per heavy atom. The lowest BCUT2D eigenvalue weighted by atomic mass is 10.1. The summed E-state index contributed by atoms with van der Waals surface area (Å²) in [6.07, 6.45) is 1.77. The molecule has 0 bridgehead atoms. The Kier molecular flexibility index (Phi) is 6.63. The smallest absolute Gasteiger partial charge is 0.381 e. The van der Waals surface area contributed by atoms with Crippen molar-refractivity contribution in [3.8, 4) is 17.4 Å². The molecule has 0 unspecified atom stereocenters. The second-order valence-electron chi connectivity index (χ2n) is 4.86. The number of hydrogen-bond acceptors (Lipinski definition) is 6. The monoisotopic (exact) mass is 379 g/mol. The number of benzene rings is 1. The molecule has 132 valence electrons. The highest BCUT2D eigenvalue weighted by Gasteiger charge is 2.38. The summed E-state index contributed by atoms with van der Waals surface area (Å²) in [6, 6.07) is 11.3. The minimum absolute atomic E-state index is 0.0764. The zero-order valence-corrected chi connectivity index (χ0v) is 16.0. The van der Waals surface area contributed by atoms with E-state index in [1.54, 1.807) is 20.1 Å². The van der Waals surface area contributed by atoms with Gasteiger partial charge in [0.25, 0.3) is 0 Å². The van der Waals surface area contributed by atoms with Crippen LogP contribution in [0.15, 0.2) is 39.6 Å². The van der Waals surface area contributed by atoms with Crippen molar-refractivity contribution >= 4 is 24.7 Å². The number of hydrogen-bond donors (Lipinski definition) is 1. The second kappa shape index (κ2) is 8.50. The van der Waals surface area contributed by atoms with Crippen molar-refractivity contribution in [3.63, 3.8) is 0 Å². The molecule has 25 heavy (non-hydrogen) atoms. The van der Waals surface area contributed by atoms with Crippen LogP contribution in [0, 0.1) is 11.3 Å². The first-order chi connectivity index (χ1) is 12.0. The summed E-state index contributed by atoms with van der Waals surface area (Å²) in [5, 5.41) is 15.9. The van der Waals surface area contributed by atoms with Gasteiger partial charge in [-0.1, -0.05) is 30.3 Å². The van der Waals surface area contributed by atoms with E-state index in [9.17, 15) is 9.83 Å². The number of rotatable bonds is 7. The van der Waals surface area contributed by atoms with E-state index in [1.165, 1.54) is 11.8 Å².